The van der Waals surface area contributed by atoms with Crippen molar-refractivity contribution in [2.24, 2.45) is 5.92 Å². The molecule has 1 rings (SSSR count). The highest BCUT2D eigenvalue weighted by Gasteiger charge is 2.36. The first-order valence-corrected chi connectivity index (χ1v) is 20.4. The molecule has 0 radical (unpaired) electrons. The van der Waals surface area contributed by atoms with Gasteiger partial charge in [0.15, 0.2) is 6.10 Å². The minimum Gasteiger partial charge on any atom is -0.462 e. The number of esters is 2. The molecule has 5 atom stereocenters. The van der Waals surface area contributed by atoms with Crippen LogP contribution in [0.25, 0.3) is 0 Å². The zero-order valence-electron chi connectivity index (χ0n) is 31.0. The van der Waals surface area contributed by atoms with Crippen LogP contribution in [0.15, 0.2) is 36.5 Å². The second kappa shape index (κ2) is 29.7. The number of epoxide rings is 1. The van der Waals surface area contributed by atoms with Gasteiger partial charge in [0.2, 0.25) is 0 Å². The van der Waals surface area contributed by atoms with E-state index in [-0.39, 0.29) is 19.4 Å². The zero-order valence-corrected chi connectivity index (χ0v) is 31.9. The molecule has 0 amide bonds. The van der Waals surface area contributed by atoms with Gasteiger partial charge in [-0.1, -0.05) is 109 Å². The lowest BCUT2D eigenvalue weighted by molar-refractivity contribution is -0.161. The van der Waals surface area contributed by atoms with Crippen molar-refractivity contribution < 1.29 is 52.5 Å². The number of carbonyl (C=O) groups excluding carboxylic acids is 2. The third-order valence-corrected chi connectivity index (χ3v) is 9.08. The fraction of sp³-hybridized carbons (Fsp3) is 0.789. The maximum absolute atomic E-state index is 12.5. The van der Waals surface area contributed by atoms with E-state index in [1.807, 2.05) is 12.2 Å². The molecule has 0 aliphatic carbocycles. The van der Waals surface area contributed by atoms with E-state index < -0.39 is 51.8 Å². The minimum absolute atomic E-state index is 0.102. The average molecular weight is 731 g/mol. The van der Waals surface area contributed by atoms with Crippen LogP contribution in [0.4, 0.5) is 0 Å². The van der Waals surface area contributed by atoms with Crippen molar-refractivity contribution in [3.63, 3.8) is 0 Å². The van der Waals surface area contributed by atoms with Crippen LogP contribution >= 0.6 is 7.82 Å². The Kier molecular flexibility index (Phi) is 27.4. The maximum atomic E-state index is 12.5. The number of aliphatic hydroxyl groups is 2. The molecule has 0 aromatic heterocycles. The van der Waals surface area contributed by atoms with E-state index in [0.29, 0.717) is 37.4 Å². The number of phosphoric acid groups is 1. The van der Waals surface area contributed by atoms with Crippen LogP contribution in [0.3, 0.4) is 0 Å². The third kappa shape index (κ3) is 27.8. The molecule has 3 N–H and O–H groups in total. The van der Waals surface area contributed by atoms with Crippen molar-refractivity contribution in [2.75, 3.05) is 26.4 Å². The Morgan fingerprint density at radius 1 is 0.760 bits per heavy atom. The number of ether oxygens (including phenoxy) is 3. The third-order valence-electron chi connectivity index (χ3n) is 8.13. The summed E-state index contributed by atoms with van der Waals surface area (Å²) in [4.78, 5) is 34.7. The molecule has 1 heterocycles. The first-order valence-electron chi connectivity index (χ1n) is 18.9. The van der Waals surface area contributed by atoms with Crippen molar-refractivity contribution >= 4 is 19.8 Å². The van der Waals surface area contributed by atoms with E-state index in [1.165, 1.54) is 38.5 Å². The molecule has 1 aliphatic heterocycles. The number of unbranched alkanes of at least 4 members (excludes halogenated alkanes) is 9. The number of hydrogen-bond donors (Lipinski definition) is 3. The van der Waals surface area contributed by atoms with Crippen LogP contribution < -0.4 is 0 Å². The van der Waals surface area contributed by atoms with Crippen molar-refractivity contribution in [1.82, 2.24) is 0 Å². The summed E-state index contributed by atoms with van der Waals surface area (Å²) in [6.07, 6.45) is 27.6. The summed E-state index contributed by atoms with van der Waals surface area (Å²) in [6.45, 7) is 4.47. The SMILES string of the molecule is CCCCC/C=C\CC1OC1C/C=C\C/C=C\CCCC(=O)O[C@H](COC(=O)CCCCCCCCC(C)C)COP(=O)(O)OC[C@@H](O)CO. The number of rotatable bonds is 33. The van der Waals surface area contributed by atoms with Crippen LogP contribution in [0.5, 0.6) is 0 Å². The summed E-state index contributed by atoms with van der Waals surface area (Å²) >= 11 is 0. The van der Waals surface area contributed by atoms with Gasteiger partial charge in [-0.2, -0.15) is 0 Å². The molecule has 3 unspecified atom stereocenters. The van der Waals surface area contributed by atoms with Gasteiger partial charge >= 0.3 is 19.8 Å². The van der Waals surface area contributed by atoms with Crippen molar-refractivity contribution in [3.8, 4) is 0 Å². The van der Waals surface area contributed by atoms with Gasteiger partial charge in [0.25, 0.3) is 0 Å². The molecule has 0 aromatic carbocycles. The van der Waals surface area contributed by atoms with Gasteiger partial charge in [0, 0.05) is 12.8 Å². The van der Waals surface area contributed by atoms with Crippen molar-refractivity contribution in [1.29, 1.82) is 0 Å². The summed E-state index contributed by atoms with van der Waals surface area (Å²) in [5.74, 6) is -0.289. The minimum atomic E-state index is -4.63. The number of hydrogen-bond acceptors (Lipinski definition) is 10. The Balaban J connectivity index is 2.35. The predicted octanol–water partition coefficient (Wildman–Crippen LogP) is 8.06. The second-order valence-corrected chi connectivity index (χ2v) is 14.9. The zero-order chi connectivity index (χ0) is 36.9. The number of allylic oxidation sites excluding steroid dienone is 4. The molecule has 0 aromatic rings. The van der Waals surface area contributed by atoms with Gasteiger partial charge in [-0.25, -0.2) is 4.57 Å². The molecule has 11 nitrogen and oxygen atoms in total. The summed E-state index contributed by atoms with van der Waals surface area (Å²) in [6, 6.07) is 0. The Morgan fingerprint density at radius 2 is 1.36 bits per heavy atom. The van der Waals surface area contributed by atoms with Gasteiger partial charge in [0.1, 0.15) is 12.7 Å². The highest BCUT2D eigenvalue weighted by molar-refractivity contribution is 7.47. The summed E-state index contributed by atoms with van der Waals surface area (Å²) in [5.41, 5.74) is 0. The van der Waals surface area contributed by atoms with Crippen LogP contribution in [-0.2, 0) is 37.4 Å². The topological polar surface area (TPSA) is 161 Å². The standard InChI is InChI=1S/C38H67O11P/c1-4-5-6-7-14-19-24-35-36(49-35)25-20-15-9-8-10-17-22-27-38(42)48-34(31-47-50(43,44)46-29-33(40)28-39)30-45-37(41)26-21-16-12-11-13-18-23-32(2)3/h8,10,14-15,19-20,32-36,39-40H,4-7,9,11-13,16-18,21-31H2,1-3H3,(H,43,44)/b10-8-,19-14-,20-15-/t33-,34+,35?,36?/m0/s1. The normalized spacial score (nSPS) is 18.6. The van der Waals surface area contributed by atoms with Gasteiger partial charge in [-0.05, 0) is 57.3 Å². The molecule has 12 heteroatoms. The van der Waals surface area contributed by atoms with E-state index in [0.717, 1.165) is 44.9 Å². The lowest BCUT2D eigenvalue weighted by Gasteiger charge is -2.20. The van der Waals surface area contributed by atoms with Gasteiger partial charge < -0.3 is 29.3 Å². The first-order chi connectivity index (χ1) is 24.1. The summed E-state index contributed by atoms with van der Waals surface area (Å²) in [5, 5.41) is 18.3. The molecular weight excluding hydrogens is 663 g/mol. The quantitative estimate of drug-likeness (QED) is 0.0197. The molecule has 0 bridgehead atoms. The van der Waals surface area contributed by atoms with Crippen LogP contribution in [0.2, 0.25) is 0 Å². The van der Waals surface area contributed by atoms with Crippen LogP contribution in [0.1, 0.15) is 136 Å². The smallest absolute Gasteiger partial charge is 0.462 e. The van der Waals surface area contributed by atoms with E-state index in [9.17, 15) is 24.2 Å². The molecular formula is C38H67O11P. The molecule has 50 heavy (non-hydrogen) atoms. The largest absolute Gasteiger partial charge is 0.472 e. The first kappa shape index (κ1) is 46.2. The highest BCUT2D eigenvalue weighted by atomic mass is 31.2. The molecule has 1 fully saturated rings. The molecule has 290 valence electrons. The summed E-state index contributed by atoms with van der Waals surface area (Å²) in [7, 11) is -4.63. The van der Waals surface area contributed by atoms with Gasteiger partial charge in [0.05, 0.1) is 32.0 Å². The number of phosphoric ester groups is 1. The Hall–Kier alpha value is -1.85. The molecule has 0 saturated carbocycles. The Bertz CT molecular complexity index is 1010. The number of carbonyl (C=O) groups is 2. The maximum Gasteiger partial charge on any atom is 0.472 e. The van der Waals surface area contributed by atoms with E-state index >= 15 is 0 Å². The van der Waals surface area contributed by atoms with Crippen LogP contribution in [0, 0.1) is 5.92 Å². The summed E-state index contributed by atoms with van der Waals surface area (Å²) < 4.78 is 38.2. The van der Waals surface area contributed by atoms with Gasteiger partial charge in [-0.3, -0.25) is 18.6 Å². The average Bonchev–Trinajstić information content (AvgIpc) is 3.84. The molecule has 1 aliphatic rings. The van der Waals surface area contributed by atoms with Crippen LogP contribution in [-0.4, -0.2) is 77.9 Å². The van der Waals surface area contributed by atoms with Gasteiger partial charge in [-0.15, -0.1) is 0 Å². The van der Waals surface area contributed by atoms with E-state index in [2.05, 4.69) is 49.6 Å². The lowest BCUT2D eigenvalue weighted by atomic mass is 10.0. The lowest BCUT2D eigenvalue weighted by Crippen LogP contribution is -2.29. The van der Waals surface area contributed by atoms with E-state index in [1.54, 1.807) is 0 Å². The molecule has 0 spiro atoms. The monoisotopic (exact) mass is 730 g/mol. The fourth-order valence-corrected chi connectivity index (χ4v) is 5.82. The van der Waals surface area contributed by atoms with E-state index in [4.69, 9.17) is 23.8 Å². The fourth-order valence-electron chi connectivity index (χ4n) is 5.03. The van der Waals surface area contributed by atoms with Crippen molar-refractivity contribution in [3.05, 3.63) is 36.5 Å². The van der Waals surface area contributed by atoms with Crippen molar-refractivity contribution in [2.45, 2.75) is 161 Å². The number of aliphatic hydroxyl groups excluding tert-OH is 2. The highest BCUT2D eigenvalue weighted by Crippen LogP contribution is 2.43. The second-order valence-electron chi connectivity index (χ2n) is 13.5. The molecule has 1 saturated heterocycles. The Labute approximate surface area is 301 Å². The Morgan fingerprint density at radius 3 is 2.06 bits per heavy atom. The predicted molar refractivity (Wildman–Crippen MR) is 195 cm³/mol.